The van der Waals surface area contributed by atoms with Crippen molar-refractivity contribution in [3.63, 3.8) is 0 Å². The standard InChI is InChI=1S/C18H17FN4O5S3/c1-23(2)31(27,28)22-17(24)12-5-9-15(10-6-12)21-30(25,26)16-11-29-18(20-16)13-3-7-14(19)8-4-13/h3-11,21H,1-2H3,(H,22,24). The summed E-state index contributed by atoms with van der Waals surface area (Å²) in [6.07, 6.45) is 0. The first-order chi connectivity index (χ1) is 14.5. The van der Waals surface area contributed by atoms with Gasteiger partial charge in [-0.05, 0) is 48.5 Å². The molecule has 0 spiro atoms. The molecule has 2 aromatic carbocycles. The number of anilines is 1. The fraction of sp³-hybridized carbons (Fsp3) is 0.111. The molecule has 1 amide bonds. The predicted octanol–water partition coefficient (Wildman–Crippen LogP) is 2.29. The van der Waals surface area contributed by atoms with Crippen molar-refractivity contribution in [1.82, 2.24) is 14.0 Å². The molecular weight excluding hydrogens is 467 g/mol. The van der Waals surface area contributed by atoms with Gasteiger partial charge in [-0.15, -0.1) is 11.3 Å². The van der Waals surface area contributed by atoms with Gasteiger partial charge in [0.25, 0.3) is 15.9 Å². The molecule has 13 heteroatoms. The number of thiazole rings is 1. The number of sulfonamides is 1. The Bertz CT molecular complexity index is 1300. The fourth-order valence-electron chi connectivity index (χ4n) is 2.27. The van der Waals surface area contributed by atoms with Crippen LogP contribution >= 0.6 is 11.3 Å². The minimum atomic E-state index is -4.01. The highest BCUT2D eigenvalue weighted by molar-refractivity contribution is 7.92. The zero-order chi connectivity index (χ0) is 22.8. The van der Waals surface area contributed by atoms with E-state index in [-0.39, 0.29) is 16.3 Å². The minimum Gasteiger partial charge on any atom is -0.278 e. The molecule has 1 aromatic heterocycles. The zero-order valence-corrected chi connectivity index (χ0v) is 18.7. The van der Waals surface area contributed by atoms with E-state index >= 15 is 0 Å². The SMILES string of the molecule is CN(C)S(=O)(=O)NC(=O)c1ccc(NS(=O)(=O)c2csc(-c3ccc(F)cc3)n2)cc1. The Hall–Kier alpha value is -2.87. The molecule has 1 heterocycles. The lowest BCUT2D eigenvalue weighted by Crippen LogP contribution is -2.39. The Balaban J connectivity index is 1.73. The molecule has 9 nitrogen and oxygen atoms in total. The third kappa shape index (κ3) is 5.44. The van der Waals surface area contributed by atoms with E-state index in [1.165, 1.54) is 68.0 Å². The number of nitrogens with one attached hydrogen (secondary N) is 2. The van der Waals surface area contributed by atoms with Crippen LogP contribution in [0.5, 0.6) is 0 Å². The second-order valence-electron chi connectivity index (χ2n) is 6.40. The third-order valence-corrected chi connectivity index (χ3v) is 7.66. The van der Waals surface area contributed by atoms with Crippen LogP contribution in [0.25, 0.3) is 10.6 Å². The molecule has 0 aliphatic heterocycles. The zero-order valence-electron chi connectivity index (χ0n) is 16.2. The van der Waals surface area contributed by atoms with Crippen molar-refractivity contribution in [2.24, 2.45) is 0 Å². The minimum absolute atomic E-state index is 0.0284. The van der Waals surface area contributed by atoms with Crippen LogP contribution < -0.4 is 9.44 Å². The average molecular weight is 485 g/mol. The van der Waals surface area contributed by atoms with Crippen molar-refractivity contribution in [1.29, 1.82) is 0 Å². The van der Waals surface area contributed by atoms with Crippen LogP contribution in [-0.2, 0) is 20.2 Å². The summed E-state index contributed by atoms with van der Waals surface area (Å²) in [4.78, 5) is 16.1. The van der Waals surface area contributed by atoms with E-state index in [4.69, 9.17) is 0 Å². The quantitative estimate of drug-likeness (QED) is 0.530. The van der Waals surface area contributed by atoms with Crippen LogP contribution in [0.1, 0.15) is 10.4 Å². The number of hydrogen-bond acceptors (Lipinski definition) is 7. The summed E-state index contributed by atoms with van der Waals surface area (Å²) in [7, 11) is -5.42. The van der Waals surface area contributed by atoms with Crippen LogP contribution in [0.15, 0.2) is 58.9 Å². The Morgan fingerprint density at radius 3 is 2.19 bits per heavy atom. The first kappa shape index (κ1) is 22.8. The second kappa shape index (κ2) is 8.70. The van der Waals surface area contributed by atoms with Gasteiger partial charge < -0.3 is 0 Å². The van der Waals surface area contributed by atoms with E-state index in [1.807, 2.05) is 4.72 Å². The number of aromatic nitrogens is 1. The molecule has 0 saturated carbocycles. The number of benzene rings is 2. The molecule has 0 radical (unpaired) electrons. The van der Waals surface area contributed by atoms with Crippen LogP contribution in [0.3, 0.4) is 0 Å². The van der Waals surface area contributed by atoms with E-state index < -0.39 is 32.0 Å². The van der Waals surface area contributed by atoms with Crippen molar-refractivity contribution in [3.05, 3.63) is 65.3 Å². The average Bonchev–Trinajstić information content (AvgIpc) is 3.19. The van der Waals surface area contributed by atoms with Crippen LogP contribution in [-0.4, -0.2) is 46.1 Å². The number of hydrogen-bond donors (Lipinski definition) is 2. The van der Waals surface area contributed by atoms with Gasteiger partial charge >= 0.3 is 10.2 Å². The van der Waals surface area contributed by atoms with Crippen molar-refractivity contribution in [3.8, 4) is 10.6 Å². The van der Waals surface area contributed by atoms with Crippen molar-refractivity contribution >= 4 is 43.2 Å². The number of carbonyl (C=O) groups excluding carboxylic acids is 1. The maximum Gasteiger partial charge on any atom is 0.303 e. The van der Waals surface area contributed by atoms with E-state index in [0.29, 0.717) is 10.6 Å². The van der Waals surface area contributed by atoms with Gasteiger partial charge in [0.1, 0.15) is 10.8 Å². The maximum atomic E-state index is 13.1. The summed E-state index contributed by atoms with van der Waals surface area (Å²) in [5.41, 5.74) is 0.764. The number of amides is 1. The molecule has 0 atom stereocenters. The third-order valence-electron chi connectivity index (χ3n) is 3.95. The second-order valence-corrected chi connectivity index (χ2v) is 10.8. The van der Waals surface area contributed by atoms with Gasteiger partial charge in [0.15, 0.2) is 5.03 Å². The Morgan fingerprint density at radius 2 is 1.61 bits per heavy atom. The van der Waals surface area contributed by atoms with E-state index in [1.54, 1.807) is 0 Å². The van der Waals surface area contributed by atoms with E-state index in [2.05, 4.69) is 9.71 Å². The molecule has 0 bridgehead atoms. The molecule has 0 unspecified atom stereocenters. The van der Waals surface area contributed by atoms with Gasteiger partial charge in [0.05, 0.1) is 0 Å². The molecule has 0 aliphatic rings. The first-order valence-electron chi connectivity index (χ1n) is 8.57. The highest BCUT2D eigenvalue weighted by Gasteiger charge is 2.21. The molecule has 3 aromatic rings. The van der Waals surface area contributed by atoms with Gasteiger partial charge in [0, 0.05) is 36.3 Å². The Labute approximate surface area is 182 Å². The lowest BCUT2D eigenvalue weighted by atomic mass is 10.2. The van der Waals surface area contributed by atoms with Gasteiger partial charge in [-0.2, -0.15) is 21.1 Å². The van der Waals surface area contributed by atoms with Crippen LogP contribution in [0, 0.1) is 5.82 Å². The summed E-state index contributed by atoms with van der Waals surface area (Å²) in [5.74, 6) is -1.27. The molecule has 0 saturated heterocycles. The number of rotatable bonds is 7. The van der Waals surface area contributed by atoms with Crippen LogP contribution in [0.2, 0.25) is 0 Å². The Kier molecular flexibility index (Phi) is 6.40. The van der Waals surface area contributed by atoms with Crippen molar-refractivity contribution in [2.75, 3.05) is 18.8 Å². The lowest BCUT2D eigenvalue weighted by Gasteiger charge is -2.12. The van der Waals surface area contributed by atoms with Gasteiger partial charge in [0.2, 0.25) is 0 Å². The molecule has 3 rings (SSSR count). The largest absolute Gasteiger partial charge is 0.303 e. The van der Waals surface area contributed by atoms with Crippen molar-refractivity contribution in [2.45, 2.75) is 5.03 Å². The van der Waals surface area contributed by atoms with Gasteiger partial charge in [-0.1, -0.05) is 0 Å². The van der Waals surface area contributed by atoms with Gasteiger partial charge in [-0.3, -0.25) is 9.52 Å². The highest BCUT2D eigenvalue weighted by Crippen LogP contribution is 2.27. The lowest BCUT2D eigenvalue weighted by molar-refractivity contribution is 0.0979. The summed E-state index contributed by atoms with van der Waals surface area (Å²) >= 11 is 1.09. The monoisotopic (exact) mass is 484 g/mol. The molecule has 0 fully saturated rings. The molecule has 0 aliphatic carbocycles. The summed E-state index contributed by atoms with van der Waals surface area (Å²) in [5, 5.41) is 1.56. The number of nitrogens with zero attached hydrogens (tertiary/aromatic N) is 2. The fourth-order valence-corrected chi connectivity index (χ4v) is 4.97. The highest BCUT2D eigenvalue weighted by atomic mass is 32.2. The van der Waals surface area contributed by atoms with Crippen molar-refractivity contribution < 1.29 is 26.0 Å². The molecular formula is C18H17FN4O5S3. The molecule has 2 N–H and O–H groups in total. The summed E-state index contributed by atoms with van der Waals surface area (Å²) in [6.45, 7) is 0. The summed E-state index contributed by atoms with van der Waals surface area (Å²) in [6, 6.07) is 10.7. The maximum absolute atomic E-state index is 13.1. The molecule has 31 heavy (non-hydrogen) atoms. The molecule has 164 valence electrons. The normalized spacial score (nSPS) is 12.0. The van der Waals surface area contributed by atoms with E-state index in [0.717, 1.165) is 15.6 Å². The Morgan fingerprint density at radius 1 is 1.00 bits per heavy atom. The smallest absolute Gasteiger partial charge is 0.278 e. The first-order valence-corrected chi connectivity index (χ1v) is 12.4. The van der Waals surface area contributed by atoms with Gasteiger partial charge in [-0.25, -0.2) is 14.1 Å². The van der Waals surface area contributed by atoms with Crippen LogP contribution in [0.4, 0.5) is 10.1 Å². The predicted molar refractivity (Wildman–Crippen MR) is 115 cm³/mol. The van der Waals surface area contributed by atoms with E-state index in [9.17, 15) is 26.0 Å². The number of halogens is 1. The summed E-state index contributed by atoms with van der Waals surface area (Å²) < 4.78 is 66.7. The number of carbonyl (C=O) groups is 1. The topological polar surface area (TPSA) is 126 Å².